The Morgan fingerprint density at radius 1 is 1.57 bits per heavy atom. The summed E-state index contributed by atoms with van der Waals surface area (Å²) in [5.74, 6) is -0.00930. The molecule has 5 heteroatoms. The molecular formula is C9H16N2O3. The van der Waals surface area contributed by atoms with Gasteiger partial charge in [0.2, 0.25) is 0 Å². The minimum absolute atomic E-state index is 0.147. The summed E-state index contributed by atoms with van der Waals surface area (Å²) >= 11 is 0. The van der Waals surface area contributed by atoms with Gasteiger partial charge >= 0.3 is 6.09 Å². The number of ether oxygens (including phenoxy) is 1. The van der Waals surface area contributed by atoms with Crippen molar-refractivity contribution in [2.24, 2.45) is 11.7 Å². The summed E-state index contributed by atoms with van der Waals surface area (Å²) < 4.78 is 4.57. The van der Waals surface area contributed by atoms with Crippen molar-refractivity contribution in [2.75, 3.05) is 13.2 Å². The topological polar surface area (TPSA) is 72.6 Å². The maximum Gasteiger partial charge on any atom is 0.417 e. The maximum absolute atomic E-state index is 11.2. The van der Waals surface area contributed by atoms with Crippen molar-refractivity contribution in [1.82, 2.24) is 4.90 Å². The smallest absolute Gasteiger partial charge is 0.417 e. The summed E-state index contributed by atoms with van der Waals surface area (Å²) in [6, 6.07) is -0.172. The van der Waals surface area contributed by atoms with Crippen molar-refractivity contribution in [2.45, 2.75) is 26.3 Å². The van der Waals surface area contributed by atoms with Crippen molar-refractivity contribution in [3.8, 4) is 0 Å². The summed E-state index contributed by atoms with van der Waals surface area (Å²) in [6.07, 6.45) is 0.354. The molecule has 1 aliphatic heterocycles. The SMILES string of the molecule is CCC(C)C(N)CN1C(=O)COC1=O. The van der Waals surface area contributed by atoms with E-state index >= 15 is 0 Å². The summed E-state index contributed by atoms with van der Waals surface area (Å²) in [4.78, 5) is 23.3. The van der Waals surface area contributed by atoms with Crippen molar-refractivity contribution in [3.05, 3.63) is 0 Å². The lowest BCUT2D eigenvalue weighted by molar-refractivity contribution is -0.126. The first kappa shape index (κ1) is 11.0. The quantitative estimate of drug-likeness (QED) is 0.710. The second-order valence-corrected chi connectivity index (χ2v) is 3.61. The predicted molar refractivity (Wildman–Crippen MR) is 50.5 cm³/mol. The molecule has 2 unspecified atom stereocenters. The third kappa shape index (κ3) is 2.23. The van der Waals surface area contributed by atoms with E-state index in [-0.39, 0.29) is 31.0 Å². The third-order valence-corrected chi connectivity index (χ3v) is 2.61. The van der Waals surface area contributed by atoms with Gasteiger partial charge in [-0.3, -0.25) is 4.79 Å². The molecule has 0 bridgehead atoms. The number of rotatable bonds is 4. The molecule has 0 aliphatic carbocycles. The zero-order valence-corrected chi connectivity index (χ0v) is 8.53. The first-order chi connectivity index (χ1) is 6.56. The van der Waals surface area contributed by atoms with Gasteiger partial charge in [-0.1, -0.05) is 20.3 Å². The molecule has 0 saturated carbocycles. The molecule has 1 aliphatic rings. The van der Waals surface area contributed by atoms with E-state index in [4.69, 9.17) is 5.73 Å². The Hall–Kier alpha value is -1.10. The molecule has 0 radical (unpaired) electrons. The van der Waals surface area contributed by atoms with Crippen molar-refractivity contribution in [3.63, 3.8) is 0 Å². The fraction of sp³-hybridized carbons (Fsp3) is 0.778. The number of nitrogens with zero attached hydrogens (tertiary/aromatic N) is 1. The first-order valence-electron chi connectivity index (χ1n) is 4.79. The fourth-order valence-corrected chi connectivity index (χ4v) is 1.25. The number of nitrogens with two attached hydrogens (primary N) is 1. The van der Waals surface area contributed by atoms with E-state index in [0.29, 0.717) is 0 Å². The number of cyclic esters (lactones) is 1. The number of amides is 2. The van der Waals surface area contributed by atoms with Crippen LogP contribution in [0.5, 0.6) is 0 Å². The Kier molecular flexibility index (Phi) is 3.46. The molecule has 0 aromatic heterocycles. The lowest BCUT2D eigenvalue weighted by Crippen LogP contribution is -2.43. The van der Waals surface area contributed by atoms with E-state index in [9.17, 15) is 9.59 Å². The highest BCUT2D eigenvalue weighted by molar-refractivity contribution is 5.97. The highest BCUT2D eigenvalue weighted by Crippen LogP contribution is 2.11. The number of carbonyl (C=O) groups is 2. The zero-order chi connectivity index (χ0) is 10.7. The fourth-order valence-electron chi connectivity index (χ4n) is 1.25. The summed E-state index contributed by atoms with van der Waals surface area (Å²) in [5.41, 5.74) is 5.83. The average molecular weight is 200 g/mol. The highest BCUT2D eigenvalue weighted by Gasteiger charge is 2.32. The lowest BCUT2D eigenvalue weighted by atomic mass is 10.00. The van der Waals surface area contributed by atoms with E-state index in [1.54, 1.807) is 0 Å². The van der Waals surface area contributed by atoms with Gasteiger partial charge < -0.3 is 10.5 Å². The largest absolute Gasteiger partial charge is 0.439 e. The van der Waals surface area contributed by atoms with Gasteiger partial charge in [0.25, 0.3) is 5.91 Å². The summed E-state index contributed by atoms with van der Waals surface area (Å²) in [5, 5.41) is 0. The Bertz CT molecular complexity index is 226. The molecule has 1 saturated heterocycles. The number of carbonyl (C=O) groups excluding carboxylic acids is 2. The van der Waals surface area contributed by atoms with E-state index in [1.807, 2.05) is 13.8 Å². The Morgan fingerprint density at radius 3 is 2.64 bits per heavy atom. The van der Waals surface area contributed by atoms with Gasteiger partial charge in [-0.15, -0.1) is 0 Å². The van der Waals surface area contributed by atoms with Crippen LogP contribution in [0, 0.1) is 5.92 Å². The summed E-state index contributed by atoms with van der Waals surface area (Å²) in [7, 11) is 0. The molecule has 2 atom stereocenters. The molecule has 0 aromatic carbocycles. The van der Waals surface area contributed by atoms with Crippen molar-refractivity contribution in [1.29, 1.82) is 0 Å². The van der Waals surface area contributed by atoms with Crippen LogP contribution in [-0.4, -0.2) is 36.1 Å². The van der Waals surface area contributed by atoms with E-state index in [2.05, 4.69) is 4.74 Å². The minimum Gasteiger partial charge on any atom is -0.439 e. The molecule has 2 N–H and O–H groups in total. The third-order valence-electron chi connectivity index (χ3n) is 2.61. The number of hydrogen-bond donors (Lipinski definition) is 1. The van der Waals surface area contributed by atoms with Gasteiger partial charge in [0.05, 0.1) is 0 Å². The second-order valence-electron chi connectivity index (χ2n) is 3.61. The molecule has 5 nitrogen and oxygen atoms in total. The van der Waals surface area contributed by atoms with Gasteiger partial charge in [0, 0.05) is 12.6 Å². The monoisotopic (exact) mass is 200 g/mol. The Labute approximate surface area is 83.2 Å². The zero-order valence-electron chi connectivity index (χ0n) is 8.53. The van der Waals surface area contributed by atoms with Crippen LogP contribution < -0.4 is 5.73 Å². The van der Waals surface area contributed by atoms with Crippen LogP contribution in [0.4, 0.5) is 4.79 Å². The second kappa shape index (κ2) is 4.41. The normalized spacial score (nSPS) is 20.9. The van der Waals surface area contributed by atoms with Crippen molar-refractivity contribution < 1.29 is 14.3 Å². The molecule has 0 spiro atoms. The molecule has 14 heavy (non-hydrogen) atoms. The molecule has 80 valence electrons. The summed E-state index contributed by atoms with van der Waals surface area (Å²) in [6.45, 7) is 4.13. The Morgan fingerprint density at radius 2 is 2.21 bits per heavy atom. The molecule has 1 heterocycles. The maximum atomic E-state index is 11.2. The van der Waals surface area contributed by atoms with Crippen LogP contribution >= 0.6 is 0 Å². The van der Waals surface area contributed by atoms with Crippen LogP contribution in [0.3, 0.4) is 0 Å². The van der Waals surface area contributed by atoms with Crippen LogP contribution in [0.15, 0.2) is 0 Å². The van der Waals surface area contributed by atoms with Gasteiger partial charge in [-0.2, -0.15) is 0 Å². The van der Waals surface area contributed by atoms with Crippen LogP contribution in [0.25, 0.3) is 0 Å². The van der Waals surface area contributed by atoms with Crippen molar-refractivity contribution >= 4 is 12.0 Å². The average Bonchev–Trinajstić information content (AvgIpc) is 2.48. The van der Waals surface area contributed by atoms with Crippen LogP contribution in [-0.2, 0) is 9.53 Å². The van der Waals surface area contributed by atoms with Gasteiger partial charge in [0.1, 0.15) is 0 Å². The van der Waals surface area contributed by atoms with Crippen LogP contribution in [0.2, 0.25) is 0 Å². The predicted octanol–water partition coefficient (Wildman–Crippen LogP) is 0.339. The van der Waals surface area contributed by atoms with Gasteiger partial charge in [0.15, 0.2) is 6.61 Å². The van der Waals surface area contributed by atoms with Gasteiger partial charge in [-0.05, 0) is 5.92 Å². The number of hydrogen-bond acceptors (Lipinski definition) is 4. The standard InChI is InChI=1S/C9H16N2O3/c1-3-6(2)7(10)4-11-8(12)5-14-9(11)13/h6-7H,3-5,10H2,1-2H3. The highest BCUT2D eigenvalue weighted by atomic mass is 16.6. The molecule has 2 amide bonds. The van der Waals surface area contributed by atoms with E-state index in [0.717, 1.165) is 11.3 Å². The van der Waals surface area contributed by atoms with Crippen LogP contribution in [0.1, 0.15) is 20.3 Å². The molecule has 1 fully saturated rings. The minimum atomic E-state index is -0.575. The van der Waals surface area contributed by atoms with E-state index in [1.165, 1.54) is 0 Å². The van der Waals surface area contributed by atoms with Gasteiger partial charge in [-0.25, -0.2) is 9.69 Å². The van der Waals surface area contributed by atoms with E-state index < -0.39 is 6.09 Å². The molecule has 0 aromatic rings. The molecular weight excluding hydrogens is 184 g/mol. The Balaban J connectivity index is 2.50. The first-order valence-corrected chi connectivity index (χ1v) is 4.79. The lowest BCUT2D eigenvalue weighted by Gasteiger charge is -2.21. The molecule has 1 rings (SSSR count). The number of imide groups is 1.